The largest absolute Gasteiger partial charge is 0.466 e. The summed E-state index contributed by atoms with van der Waals surface area (Å²) in [6, 6.07) is 0. The van der Waals surface area contributed by atoms with Crippen molar-refractivity contribution in [1.29, 1.82) is 0 Å². The molecule has 1 fully saturated rings. The normalized spacial score (nSPS) is 26.8. The van der Waals surface area contributed by atoms with Gasteiger partial charge in [-0.25, -0.2) is 4.79 Å². The Labute approximate surface area is 120 Å². The molecule has 4 nitrogen and oxygen atoms in total. The van der Waals surface area contributed by atoms with E-state index in [1.165, 1.54) is 7.11 Å². The summed E-state index contributed by atoms with van der Waals surface area (Å²) in [5.41, 5.74) is 0.389. The van der Waals surface area contributed by atoms with Crippen LogP contribution in [0.1, 0.15) is 46.0 Å². The van der Waals surface area contributed by atoms with Gasteiger partial charge in [-0.05, 0) is 38.0 Å². The number of esters is 1. The van der Waals surface area contributed by atoms with E-state index in [0.717, 1.165) is 12.8 Å². The Bertz CT molecular complexity index is 411. The fraction of sp³-hybridized carbons (Fsp3) is 0.688. The van der Waals surface area contributed by atoms with Crippen molar-refractivity contribution in [2.75, 3.05) is 7.11 Å². The van der Waals surface area contributed by atoms with Crippen LogP contribution in [0.5, 0.6) is 0 Å². The maximum Gasteiger partial charge on any atom is 0.333 e. The highest BCUT2D eigenvalue weighted by atomic mass is 16.5. The van der Waals surface area contributed by atoms with Crippen molar-refractivity contribution in [3.8, 4) is 0 Å². The van der Waals surface area contributed by atoms with Gasteiger partial charge in [-0.2, -0.15) is 0 Å². The molecule has 20 heavy (non-hydrogen) atoms. The second kappa shape index (κ2) is 7.36. The molecule has 4 heteroatoms. The van der Waals surface area contributed by atoms with E-state index in [4.69, 9.17) is 0 Å². The lowest BCUT2D eigenvalue weighted by atomic mass is 9.84. The van der Waals surface area contributed by atoms with Gasteiger partial charge >= 0.3 is 5.97 Å². The molecule has 0 saturated heterocycles. The summed E-state index contributed by atoms with van der Waals surface area (Å²) in [6.45, 7) is 7.37. The molecule has 0 aromatic heterocycles. The Hall–Kier alpha value is -1.45. The number of carbonyl (C=O) groups excluding carboxylic acids is 3. The highest BCUT2D eigenvalue weighted by Gasteiger charge is 2.33. The molecule has 0 unspecified atom stereocenters. The van der Waals surface area contributed by atoms with Gasteiger partial charge in [0.05, 0.1) is 7.11 Å². The van der Waals surface area contributed by atoms with Gasteiger partial charge in [-0.3, -0.25) is 4.79 Å². The van der Waals surface area contributed by atoms with Crippen molar-refractivity contribution in [3.63, 3.8) is 0 Å². The summed E-state index contributed by atoms with van der Waals surface area (Å²) >= 11 is 0. The Morgan fingerprint density at radius 3 is 2.55 bits per heavy atom. The SMILES string of the molecule is C=C(C(=O)OC)[C@@H]1CC[C@H](C)[C@H](CCC(C)=O)C(=O)C1. The summed E-state index contributed by atoms with van der Waals surface area (Å²) < 4.78 is 4.68. The summed E-state index contributed by atoms with van der Waals surface area (Å²) in [7, 11) is 1.32. The fourth-order valence-corrected chi connectivity index (χ4v) is 2.88. The predicted octanol–water partition coefficient (Wildman–Crippen LogP) is 2.71. The van der Waals surface area contributed by atoms with Gasteiger partial charge in [0.2, 0.25) is 0 Å². The molecular formula is C16H24O4. The van der Waals surface area contributed by atoms with Crippen LogP contribution in [0.15, 0.2) is 12.2 Å². The molecule has 112 valence electrons. The van der Waals surface area contributed by atoms with Gasteiger partial charge in [-0.1, -0.05) is 13.5 Å². The van der Waals surface area contributed by atoms with Crippen LogP contribution in [0.3, 0.4) is 0 Å². The van der Waals surface area contributed by atoms with Gasteiger partial charge in [0.15, 0.2) is 0 Å². The minimum absolute atomic E-state index is 0.0747. The minimum atomic E-state index is -0.433. The molecule has 0 N–H and O–H groups in total. The van der Waals surface area contributed by atoms with E-state index >= 15 is 0 Å². The van der Waals surface area contributed by atoms with Crippen molar-refractivity contribution in [1.82, 2.24) is 0 Å². The lowest BCUT2D eigenvalue weighted by Gasteiger charge is -2.19. The van der Waals surface area contributed by atoms with Crippen LogP contribution in [0, 0.1) is 17.8 Å². The third kappa shape index (κ3) is 4.29. The number of hydrogen-bond acceptors (Lipinski definition) is 4. The third-order valence-electron chi connectivity index (χ3n) is 4.27. The Morgan fingerprint density at radius 1 is 1.35 bits per heavy atom. The molecule has 0 heterocycles. The molecule has 0 bridgehead atoms. The van der Waals surface area contributed by atoms with Crippen molar-refractivity contribution in [3.05, 3.63) is 12.2 Å². The Balaban J connectivity index is 2.73. The van der Waals surface area contributed by atoms with Crippen LogP contribution in [0.4, 0.5) is 0 Å². The predicted molar refractivity (Wildman–Crippen MR) is 76.1 cm³/mol. The van der Waals surface area contributed by atoms with Crippen LogP contribution in [0.2, 0.25) is 0 Å². The first-order valence-electron chi connectivity index (χ1n) is 7.16. The van der Waals surface area contributed by atoms with Crippen molar-refractivity contribution in [2.45, 2.75) is 46.0 Å². The van der Waals surface area contributed by atoms with E-state index in [1.807, 2.05) is 6.92 Å². The molecule has 1 aliphatic rings. The van der Waals surface area contributed by atoms with Crippen molar-refractivity contribution in [2.24, 2.45) is 17.8 Å². The quantitative estimate of drug-likeness (QED) is 0.441. The number of rotatable bonds is 5. The lowest BCUT2D eigenvalue weighted by Crippen LogP contribution is -2.22. The molecule has 3 atom stereocenters. The molecule has 1 rings (SSSR count). The maximum absolute atomic E-state index is 12.4. The molecule has 0 aromatic carbocycles. The molecule has 0 spiro atoms. The fourth-order valence-electron chi connectivity index (χ4n) is 2.88. The maximum atomic E-state index is 12.4. The van der Waals surface area contributed by atoms with Crippen LogP contribution in [0.25, 0.3) is 0 Å². The number of ether oxygens (including phenoxy) is 1. The summed E-state index contributed by atoms with van der Waals surface area (Å²) in [5, 5.41) is 0. The van der Waals surface area contributed by atoms with E-state index in [-0.39, 0.29) is 29.3 Å². The van der Waals surface area contributed by atoms with Crippen molar-refractivity contribution >= 4 is 17.5 Å². The standard InChI is InChI=1S/C16H24O4/c1-10-5-7-13(12(3)16(19)20-4)9-15(18)14(10)8-6-11(2)17/h10,13-14H,3,5-9H2,1-2,4H3/t10-,13+,14-/m0/s1. The van der Waals surface area contributed by atoms with Gasteiger partial charge in [0.1, 0.15) is 11.6 Å². The first-order valence-corrected chi connectivity index (χ1v) is 7.16. The van der Waals surface area contributed by atoms with Gasteiger partial charge in [-0.15, -0.1) is 0 Å². The molecule has 0 aromatic rings. The second-order valence-electron chi connectivity index (χ2n) is 5.79. The molecule has 1 saturated carbocycles. The minimum Gasteiger partial charge on any atom is -0.466 e. The third-order valence-corrected chi connectivity index (χ3v) is 4.27. The van der Waals surface area contributed by atoms with Gasteiger partial charge < -0.3 is 9.53 Å². The van der Waals surface area contributed by atoms with E-state index in [9.17, 15) is 14.4 Å². The summed E-state index contributed by atoms with van der Waals surface area (Å²) in [4.78, 5) is 35.0. The molecule has 1 aliphatic carbocycles. The molecule has 0 amide bonds. The number of hydrogen-bond donors (Lipinski definition) is 0. The highest BCUT2D eigenvalue weighted by molar-refractivity contribution is 5.90. The lowest BCUT2D eigenvalue weighted by molar-refractivity contribution is -0.136. The first-order chi connectivity index (χ1) is 9.36. The average Bonchev–Trinajstić information content (AvgIpc) is 2.54. The summed E-state index contributed by atoms with van der Waals surface area (Å²) in [5.74, 6) is -0.125. The zero-order valence-electron chi connectivity index (χ0n) is 12.6. The summed E-state index contributed by atoms with van der Waals surface area (Å²) in [6.07, 6.45) is 3.05. The van der Waals surface area contributed by atoms with E-state index in [0.29, 0.717) is 24.8 Å². The number of ketones is 2. The average molecular weight is 280 g/mol. The number of methoxy groups -OCH3 is 1. The Morgan fingerprint density at radius 2 is 2.00 bits per heavy atom. The van der Waals surface area contributed by atoms with Crippen LogP contribution < -0.4 is 0 Å². The van der Waals surface area contributed by atoms with E-state index in [1.54, 1.807) is 6.92 Å². The smallest absolute Gasteiger partial charge is 0.333 e. The Kier molecular flexibility index (Phi) is 6.11. The van der Waals surface area contributed by atoms with Gasteiger partial charge in [0.25, 0.3) is 0 Å². The number of carbonyl (C=O) groups is 3. The van der Waals surface area contributed by atoms with E-state index in [2.05, 4.69) is 11.3 Å². The zero-order chi connectivity index (χ0) is 15.3. The highest BCUT2D eigenvalue weighted by Crippen LogP contribution is 2.35. The molecule has 0 aliphatic heterocycles. The second-order valence-corrected chi connectivity index (χ2v) is 5.79. The van der Waals surface area contributed by atoms with Gasteiger partial charge in [0, 0.05) is 24.3 Å². The van der Waals surface area contributed by atoms with Crippen LogP contribution in [-0.2, 0) is 19.1 Å². The van der Waals surface area contributed by atoms with E-state index < -0.39 is 5.97 Å². The topological polar surface area (TPSA) is 60.4 Å². The van der Waals surface area contributed by atoms with Crippen molar-refractivity contribution < 1.29 is 19.1 Å². The first kappa shape index (κ1) is 16.6. The molecular weight excluding hydrogens is 256 g/mol. The zero-order valence-corrected chi connectivity index (χ0v) is 12.6. The number of Topliss-reactive ketones (excluding diaryl/α,β-unsaturated/α-hetero) is 2. The monoisotopic (exact) mass is 280 g/mol. The van der Waals surface area contributed by atoms with Crippen LogP contribution in [-0.4, -0.2) is 24.6 Å². The molecule has 0 radical (unpaired) electrons. The van der Waals surface area contributed by atoms with Crippen LogP contribution >= 0.6 is 0 Å².